The molecule has 24 heavy (non-hydrogen) atoms. The van der Waals surface area contributed by atoms with Gasteiger partial charge in [0.1, 0.15) is 6.54 Å². The SMILES string of the molecule is Cc1ccc2c(c1)CCCN2C(=O)Cn1nc(C2CC2)ccc1=O. The van der Waals surface area contributed by atoms with E-state index in [1.807, 2.05) is 12.1 Å². The van der Waals surface area contributed by atoms with E-state index in [4.69, 9.17) is 0 Å². The number of amides is 1. The second-order valence-electron chi connectivity index (χ2n) is 6.81. The summed E-state index contributed by atoms with van der Waals surface area (Å²) in [5, 5.41) is 4.40. The summed E-state index contributed by atoms with van der Waals surface area (Å²) in [7, 11) is 0. The van der Waals surface area contributed by atoms with Gasteiger partial charge in [0.2, 0.25) is 5.91 Å². The average Bonchev–Trinajstić information content (AvgIpc) is 3.41. The van der Waals surface area contributed by atoms with E-state index in [2.05, 4.69) is 18.1 Å². The van der Waals surface area contributed by atoms with Crippen molar-refractivity contribution < 1.29 is 4.79 Å². The maximum absolute atomic E-state index is 12.8. The molecular weight excluding hydrogens is 302 g/mol. The first-order valence-electron chi connectivity index (χ1n) is 8.60. The Kier molecular flexibility index (Phi) is 3.71. The molecule has 2 aliphatic rings. The Bertz CT molecular complexity index is 852. The fraction of sp³-hybridized carbons (Fsp3) is 0.421. The van der Waals surface area contributed by atoms with E-state index in [0.717, 1.165) is 37.1 Å². The molecule has 1 fully saturated rings. The van der Waals surface area contributed by atoms with E-state index in [-0.39, 0.29) is 18.0 Å². The highest BCUT2D eigenvalue weighted by Crippen LogP contribution is 2.38. The predicted octanol–water partition coefficient (Wildman–Crippen LogP) is 2.41. The Morgan fingerprint density at radius 2 is 2.08 bits per heavy atom. The van der Waals surface area contributed by atoms with Crippen molar-refractivity contribution in [2.75, 3.05) is 11.4 Å². The number of aryl methyl sites for hydroxylation is 2. The monoisotopic (exact) mass is 323 g/mol. The Morgan fingerprint density at radius 1 is 1.25 bits per heavy atom. The van der Waals surface area contributed by atoms with E-state index < -0.39 is 0 Å². The summed E-state index contributed by atoms with van der Waals surface area (Å²) in [6, 6.07) is 9.51. The summed E-state index contributed by atoms with van der Waals surface area (Å²) in [4.78, 5) is 26.6. The molecule has 124 valence electrons. The maximum Gasteiger partial charge on any atom is 0.267 e. The molecule has 2 aromatic rings. The summed E-state index contributed by atoms with van der Waals surface area (Å²) in [6.45, 7) is 2.77. The van der Waals surface area contributed by atoms with Gasteiger partial charge < -0.3 is 4.90 Å². The lowest BCUT2D eigenvalue weighted by Gasteiger charge is -2.30. The van der Waals surface area contributed by atoms with Crippen molar-refractivity contribution in [1.29, 1.82) is 0 Å². The zero-order valence-corrected chi connectivity index (χ0v) is 13.9. The molecule has 1 amide bonds. The maximum atomic E-state index is 12.8. The number of aromatic nitrogens is 2. The Hall–Kier alpha value is -2.43. The zero-order valence-electron chi connectivity index (χ0n) is 13.9. The number of benzene rings is 1. The molecule has 4 rings (SSSR count). The minimum Gasteiger partial charge on any atom is -0.311 e. The molecule has 0 saturated heterocycles. The number of anilines is 1. The Morgan fingerprint density at radius 3 is 2.88 bits per heavy atom. The molecule has 1 aliphatic heterocycles. The Balaban J connectivity index is 1.59. The van der Waals surface area contributed by atoms with Crippen LogP contribution in [0.1, 0.15) is 42.0 Å². The van der Waals surface area contributed by atoms with Gasteiger partial charge in [-0.1, -0.05) is 17.7 Å². The molecule has 2 heterocycles. The Labute approximate surface area is 140 Å². The van der Waals surface area contributed by atoms with Crippen molar-refractivity contribution in [3.63, 3.8) is 0 Å². The highest BCUT2D eigenvalue weighted by molar-refractivity contribution is 5.94. The van der Waals surface area contributed by atoms with E-state index in [9.17, 15) is 9.59 Å². The third kappa shape index (κ3) is 2.86. The first-order chi connectivity index (χ1) is 11.6. The topological polar surface area (TPSA) is 55.2 Å². The van der Waals surface area contributed by atoms with Crippen molar-refractivity contribution in [2.24, 2.45) is 0 Å². The normalized spacial score (nSPS) is 16.8. The lowest BCUT2D eigenvalue weighted by molar-refractivity contribution is -0.119. The van der Waals surface area contributed by atoms with Crippen LogP contribution in [0, 0.1) is 6.92 Å². The van der Waals surface area contributed by atoms with Crippen LogP contribution in [0.4, 0.5) is 5.69 Å². The predicted molar refractivity (Wildman–Crippen MR) is 92.3 cm³/mol. The number of carbonyl (C=O) groups excluding carboxylic acids is 1. The average molecular weight is 323 g/mol. The van der Waals surface area contributed by atoms with Crippen LogP contribution in [0.2, 0.25) is 0 Å². The van der Waals surface area contributed by atoms with Gasteiger partial charge in [0.05, 0.1) is 5.69 Å². The van der Waals surface area contributed by atoms with Crippen LogP contribution in [-0.2, 0) is 17.8 Å². The van der Waals surface area contributed by atoms with Crippen LogP contribution in [0.15, 0.2) is 35.1 Å². The highest BCUT2D eigenvalue weighted by atomic mass is 16.2. The third-order valence-electron chi connectivity index (χ3n) is 4.82. The van der Waals surface area contributed by atoms with Gasteiger partial charge in [-0.15, -0.1) is 0 Å². The molecule has 0 spiro atoms. The van der Waals surface area contributed by atoms with Gasteiger partial charge in [0.25, 0.3) is 5.56 Å². The molecule has 0 bridgehead atoms. The molecule has 0 unspecified atom stereocenters. The molecular formula is C19H21N3O2. The molecule has 0 atom stereocenters. The molecule has 5 heteroatoms. The van der Waals surface area contributed by atoms with Crippen molar-refractivity contribution >= 4 is 11.6 Å². The van der Waals surface area contributed by atoms with Gasteiger partial charge in [-0.2, -0.15) is 5.10 Å². The minimum absolute atomic E-state index is 0.00666. The highest BCUT2D eigenvalue weighted by Gasteiger charge is 2.27. The second-order valence-corrected chi connectivity index (χ2v) is 6.81. The lowest BCUT2D eigenvalue weighted by Crippen LogP contribution is -2.40. The molecule has 1 aromatic carbocycles. The van der Waals surface area contributed by atoms with E-state index in [0.29, 0.717) is 12.5 Å². The van der Waals surface area contributed by atoms with E-state index in [1.54, 1.807) is 11.0 Å². The van der Waals surface area contributed by atoms with Gasteiger partial charge in [-0.25, -0.2) is 4.68 Å². The fourth-order valence-electron chi connectivity index (χ4n) is 3.37. The molecule has 5 nitrogen and oxygen atoms in total. The number of hydrogen-bond donors (Lipinski definition) is 0. The summed E-state index contributed by atoms with van der Waals surface area (Å²) in [5.74, 6) is 0.396. The van der Waals surface area contributed by atoms with Crippen LogP contribution in [0.3, 0.4) is 0 Å². The van der Waals surface area contributed by atoms with E-state index >= 15 is 0 Å². The smallest absolute Gasteiger partial charge is 0.267 e. The van der Waals surface area contributed by atoms with Crippen LogP contribution in [0.25, 0.3) is 0 Å². The number of rotatable bonds is 3. The fourth-order valence-corrected chi connectivity index (χ4v) is 3.37. The number of carbonyl (C=O) groups is 1. The van der Waals surface area contributed by atoms with Crippen molar-refractivity contribution in [3.8, 4) is 0 Å². The van der Waals surface area contributed by atoms with Gasteiger partial charge in [-0.05, 0) is 50.3 Å². The van der Waals surface area contributed by atoms with Gasteiger partial charge in [0, 0.05) is 24.2 Å². The van der Waals surface area contributed by atoms with Gasteiger partial charge in [0.15, 0.2) is 0 Å². The van der Waals surface area contributed by atoms with Crippen molar-refractivity contribution in [1.82, 2.24) is 9.78 Å². The summed E-state index contributed by atoms with van der Waals surface area (Å²) < 4.78 is 1.32. The molecule has 1 aromatic heterocycles. The number of fused-ring (bicyclic) bond motifs is 1. The lowest BCUT2D eigenvalue weighted by atomic mass is 9.99. The van der Waals surface area contributed by atoms with Crippen LogP contribution in [0.5, 0.6) is 0 Å². The number of hydrogen-bond acceptors (Lipinski definition) is 3. The second kappa shape index (κ2) is 5.89. The van der Waals surface area contributed by atoms with E-state index in [1.165, 1.54) is 21.9 Å². The van der Waals surface area contributed by atoms with Gasteiger partial charge in [-0.3, -0.25) is 9.59 Å². The molecule has 0 N–H and O–H groups in total. The summed E-state index contributed by atoms with van der Waals surface area (Å²) in [5.41, 5.74) is 4.11. The molecule has 0 radical (unpaired) electrons. The van der Waals surface area contributed by atoms with Gasteiger partial charge >= 0.3 is 0 Å². The first kappa shape index (κ1) is 15.1. The minimum atomic E-state index is -0.214. The van der Waals surface area contributed by atoms with Crippen LogP contribution >= 0.6 is 0 Å². The third-order valence-corrected chi connectivity index (χ3v) is 4.82. The molecule has 1 aliphatic carbocycles. The quantitative estimate of drug-likeness (QED) is 0.871. The zero-order chi connectivity index (χ0) is 16.7. The summed E-state index contributed by atoms with van der Waals surface area (Å²) in [6.07, 6.45) is 4.19. The van der Waals surface area contributed by atoms with Crippen LogP contribution < -0.4 is 10.5 Å². The first-order valence-corrected chi connectivity index (χ1v) is 8.60. The van der Waals surface area contributed by atoms with Crippen molar-refractivity contribution in [2.45, 2.75) is 45.1 Å². The molecule has 1 saturated carbocycles. The number of nitrogens with zero attached hydrogens (tertiary/aromatic N) is 3. The van der Waals surface area contributed by atoms with Crippen LogP contribution in [-0.4, -0.2) is 22.2 Å². The largest absolute Gasteiger partial charge is 0.311 e. The standard InChI is InChI=1S/C19H21N3O2/c1-13-4-8-17-15(11-13)3-2-10-21(17)19(24)12-22-18(23)9-7-16(20-22)14-5-6-14/h4,7-9,11,14H,2-3,5-6,10,12H2,1H3. The summed E-state index contributed by atoms with van der Waals surface area (Å²) >= 11 is 0. The van der Waals surface area contributed by atoms with Crippen molar-refractivity contribution in [3.05, 3.63) is 57.5 Å².